The van der Waals surface area contributed by atoms with Crippen LogP contribution in [0.25, 0.3) is 21.9 Å². The molecule has 4 heteroatoms. The van der Waals surface area contributed by atoms with Crippen LogP contribution in [-0.2, 0) is 0 Å². The first-order valence-electron chi connectivity index (χ1n) is 7.32. The van der Waals surface area contributed by atoms with Crippen LogP contribution < -0.4 is 4.90 Å². The van der Waals surface area contributed by atoms with Crippen LogP contribution in [0.5, 0.6) is 0 Å². The quantitative estimate of drug-likeness (QED) is 0.734. The van der Waals surface area contributed by atoms with Crippen LogP contribution in [0.2, 0.25) is 0 Å². The summed E-state index contributed by atoms with van der Waals surface area (Å²) in [6.07, 6.45) is 5.68. The molecular formula is C16H18N4. The van der Waals surface area contributed by atoms with Crippen molar-refractivity contribution in [1.82, 2.24) is 15.0 Å². The van der Waals surface area contributed by atoms with E-state index in [0.29, 0.717) is 0 Å². The maximum absolute atomic E-state index is 4.86. The van der Waals surface area contributed by atoms with Crippen molar-refractivity contribution < 1.29 is 0 Å². The molecule has 1 aliphatic rings. The van der Waals surface area contributed by atoms with Gasteiger partial charge in [-0.25, -0.2) is 4.98 Å². The largest absolute Gasteiger partial charge is 0.355 e. The molecule has 0 atom stereocenters. The maximum Gasteiger partial charge on any atom is 0.157 e. The van der Waals surface area contributed by atoms with Crippen molar-refractivity contribution in [3.05, 3.63) is 30.1 Å². The molecule has 0 unspecified atom stereocenters. The first-order chi connectivity index (χ1) is 9.83. The van der Waals surface area contributed by atoms with Gasteiger partial charge in [0, 0.05) is 35.8 Å². The van der Waals surface area contributed by atoms with Gasteiger partial charge in [0.05, 0.1) is 0 Å². The number of anilines is 1. The van der Waals surface area contributed by atoms with Crippen LogP contribution in [0.1, 0.15) is 25.0 Å². The van der Waals surface area contributed by atoms with E-state index >= 15 is 0 Å². The van der Waals surface area contributed by atoms with E-state index in [4.69, 9.17) is 4.98 Å². The molecule has 1 fully saturated rings. The minimum Gasteiger partial charge on any atom is -0.355 e. The lowest BCUT2D eigenvalue weighted by molar-refractivity contribution is 0.575. The molecule has 0 aromatic carbocycles. The van der Waals surface area contributed by atoms with Crippen molar-refractivity contribution in [2.24, 2.45) is 0 Å². The highest BCUT2D eigenvalue weighted by Gasteiger charge is 2.18. The normalized spacial score (nSPS) is 16.1. The van der Waals surface area contributed by atoms with Crippen molar-refractivity contribution >= 4 is 27.8 Å². The molecule has 4 nitrogen and oxygen atoms in total. The third-order valence-corrected chi connectivity index (χ3v) is 4.11. The van der Waals surface area contributed by atoms with Gasteiger partial charge in [0.2, 0.25) is 0 Å². The van der Waals surface area contributed by atoms with Gasteiger partial charge < -0.3 is 9.88 Å². The van der Waals surface area contributed by atoms with E-state index < -0.39 is 0 Å². The average Bonchev–Trinajstić information content (AvgIpc) is 2.88. The van der Waals surface area contributed by atoms with Crippen LogP contribution in [0.15, 0.2) is 24.4 Å². The zero-order valence-corrected chi connectivity index (χ0v) is 11.7. The lowest BCUT2D eigenvalue weighted by Gasteiger charge is -2.28. The Morgan fingerprint density at radius 1 is 1.15 bits per heavy atom. The molecule has 1 aliphatic heterocycles. The van der Waals surface area contributed by atoms with Crippen LogP contribution >= 0.6 is 0 Å². The molecular weight excluding hydrogens is 248 g/mol. The Morgan fingerprint density at radius 3 is 2.85 bits per heavy atom. The molecule has 1 saturated heterocycles. The van der Waals surface area contributed by atoms with Crippen LogP contribution in [0.3, 0.4) is 0 Å². The van der Waals surface area contributed by atoms with E-state index in [1.165, 1.54) is 30.0 Å². The molecule has 0 spiro atoms. The number of aromatic nitrogens is 3. The van der Waals surface area contributed by atoms with Gasteiger partial charge in [-0.1, -0.05) is 6.07 Å². The SMILES string of the molecule is Cc1cc2c(nc(N3CCCCC3)c3ncccc32)[nH]1. The van der Waals surface area contributed by atoms with Gasteiger partial charge in [-0.3, -0.25) is 4.98 Å². The van der Waals surface area contributed by atoms with E-state index in [9.17, 15) is 0 Å². The van der Waals surface area contributed by atoms with Crippen LogP contribution in [0, 0.1) is 6.92 Å². The molecule has 4 heterocycles. The Hall–Kier alpha value is -2.10. The number of nitrogens with zero attached hydrogens (tertiary/aromatic N) is 3. The number of aryl methyl sites for hydroxylation is 1. The second-order valence-corrected chi connectivity index (χ2v) is 5.60. The molecule has 4 rings (SSSR count). The monoisotopic (exact) mass is 266 g/mol. The van der Waals surface area contributed by atoms with Gasteiger partial charge in [0.15, 0.2) is 5.82 Å². The van der Waals surface area contributed by atoms with Gasteiger partial charge in [0.1, 0.15) is 11.2 Å². The Labute approximate surface area is 117 Å². The third kappa shape index (κ3) is 1.75. The van der Waals surface area contributed by atoms with Crippen molar-refractivity contribution in [2.45, 2.75) is 26.2 Å². The molecule has 0 amide bonds. The standard InChI is InChI=1S/C16H18N4/c1-11-10-13-12-6-5-7-17-14(12)16(19-15(13)18-11)20-8-3-2-4-9-20/h5-7,10H,2-4,8-9H2,1H3,(H,18,19). The van der Waals surface area contributed by atoms with Crippen molar-refractivity contribution in [2.75, 3.05) is 18.0 Å². The number of fused-ring (bicyclic) bond motifs is 3. The van der Waals surface area contributed by atoms with Gasteiger partial charge in [-0.05, 0) is 38.3 Å². The summed E-state index contributed by atoms with van der Waals surface area (Å²) in [5, 5.41) is 2.37. The predicted molar refractivity (Wildman–Crippen MR) is 82.2 cm³/mol. The first kappa shape index (κ1) is 11.7. The van der Waals surface area contributed by atoms with Gasteiger partial charge in [-0.2, -0.15) is 0 Å². The summed E-state index contributed by atoms with van der Waals surface area (Å²) in [6, 6.07) is 6.31. The zero-order valence-electron chi connectivity index (χ0n) is 11.7. The summed E-state index contributed by atoms with van der Waals surface area (Å²) in [5.41, 5.74) is 3.15. The van der Waals surface area contributed by atoms with E-state index in [1.807, 2.05) is 12.3 Å². The fourth-order valence-corrected chi connectivity index (χ4v) is 3.15. The highest BCUT2D eigenvalue weighted by atomic mass is 15.2. The fraction of sp³-hybridized carbons (Fsp3) is 0.375. The highest BCUT2D eigenvalue weighted by molar-refractivity contribution is 6.07. The summed E-state index contributed by atoms with van der Waals surface area (Å²) in [7, 11) is 0. The number of rotatable bonds is 1. The molecule has 3 aromatic rings. The minimum atomic E-state index is 0.976. The van der Waals surface area contributed by atoms with Crippen LogP contribution in [-0.4, -0.2) is 28.0 Å². The summed E-state index contributed by atoms with van der Waals surface area (Å²) >= 11 is 0. The van der Waals surface area contributed by atoms with E-state index in [1.54, 1.807) is 0 Å². The lowest BCUT2D eigenvalue weighted by atomic mass is 10.1. The summed E-state index contributed by atoms with van der Waals surface area (Å²) in [6.45, 7) is 4.25. The number of aromatic amines is 1. The molecule has 0 aliphatic carbocycles. The predicted octanol–water partition coefficient (Wildman–Crippen LogP) is 3.41. The zero-order chi connectivity index (χ0) is 13.5. The molecule has 0 radical (unpaired) electrons. The van der Waals surface area contributed by atoms with Gasteiger partial charge in [0.25, 0.3) is 0 Å². The van der Waals surface area contributed by atoms with Gasteiger partial charge in [-0.15, -0.1) is 0 Å². The molecule has 0 bridgehead atoms. The molecule has 1 N–H and O–H groups in total. The minimum absolute atomic E-state index is 0.976. The van der Waals surface area contributed by atoms with Crippen molar-refractivity contribution in [3.63, 3.8) is 0 Å². The fourth-order valence-electron chi connectivity index (χ4n) is 3.15. The Morgan fingerprint density at radius 2 is 2.00 bits per heavy atom. The smallest absolute Gasteiger partial charge is 0.157 e. The van der Waals surface area contributed by atoms with E-state index in [2.05, 4.69) is 33.9 Å². The number of hydrogen-bond donors (Lipinski definition) is 1. The number of nitrogens with one attached hydrogen (secondary N) is 1. The Bertz CT molecular complexity index is 769. The number of piperidine rings is 1. The molecule has 102 valence electrons. The van der Waals surface area contributed by atoms with Crippen LogP contribution in [0.4, 0.5) is 5.82 Å². The molecule has 3 aromatic heterocycles. The van der Waals surface area contributed by atoms with Crippen molar-refractivity contribution in [3.8, 4) is 0 Å². The maximum atomic E-state index is 4.86. The van der Waals surface area contributed by atoms with E-state index in [-0.39, 0.29) is 0 Å². The average molecular weight is 266 g/mol. The van der Waals surface area contributed by atoms with E-state index in [0.717, 1.165) is 35.8 Å². The van der Waals surface area contributed by atoms with Crippen molar-refractivity contribution in [1.29, 1.82) is 0 Å². The lowest BCUT2D eigenvalue weighted by Crippen LogP contribution is -2.30. The number of hydrogen-bond acceptors (Lipinski definition) is 3. The number of pyridine rings is 2. The first-order valence-corrected chi connectivity index (χ1v) is 7.32. The topological polar surface area (TPSA) is 44.8 Å². The number of H-pyrrole nitrogens is 1. The summed E-state index contributed by atoms with van der Waals surface area (Å²) in [5.74, 6) is 1.04. The summed E-state index contributed by atoms with van der Waals surface area (Å²) < 4.78 is 0. The Kier molecular flexibility index (Phi) is 2.62. The second-order valence-electron chi connectivity index (χ2n) is 5.60. The third-order valence-electron chi connectivity index (χ3n) is 4.11. The van der Waals surface area contributed by atoms with Gasteiger partial charge >= 0.3 is 0 Å². The Balaban J connectivity index is 2.01. The summed E-state index contributed by atoms with van der Waals surface area (Å²) in [4.78, 5) is 15.2. The molecule has 0 saturated carbocycles. The highest BCUT2D eigenvalue weighted by Crippen LogP contribution is 2.31. The second kappa shape index (κ2) is 4.47. The molecule has 20 heavy (non-hydrogen) atoms.